The molecule has 0 bridgehead atoms. The molecule has 20 heteroatoms. The Kier molecular flexibility index (Phi) is 17.3. The molecule has 336 valence electrons. The Labute approximate surface area is 348 Å². The van der Waals surface area contributed by atoms with Crippen molar-refractivity contribution in [2.75, 3.05) is 32.9 Å². The standard InChI is InChI=1S/C40H60FN5O14/c1-6-13-27(47)44(14-11-10-12-15-46-36(51)28-24(7-2)57-25(8-3)29(28)37(46)52)20-23-21-45(43-42-23)16-17-55-18-19-56-40-30(41)33(50)34(35(60-40)38(53)54)59-39-22(5)31(48)32(49)26(9-4)58-39/h7-8,21-22,24-26,28-35,39-40,48-50H,2-3,6,9-20H2,1,4-5H3,(H,53,54)/t22?,24-,25+,26?,28+,29-,30?,31-,32-,33-,34+,35?,39-,40-/m1/s1. The molecule has 0 saturated carbocycles. The molecule has 0 radical (unpaired) electrons. The van der Waals surface area contributed by atoms with Crippen LogP contribution in [-0.2, 0) is 60.7 Å². The van der Waals surface area contributed by atoms with Crippen LogP contribution in [0.5, 0.6) is 0 Å². The number of carbonyl (C=O) groups is 4. The lowest BCUT2D eigenvalue weighted by Gasteiger charge is -2.45. The molecule has 1 aromatic heterocycles. The molecule has 0 aromatic carbocycles. The lowest BCUT2D eigenvalue weighted by Crippen LogP contribution is -2.63. The fourth-order valence-electron chi connectivity index (χ4n) is 8.07. The van der Waals surface area contributed by atoms with E-state index >= 15 is 4.39 Å². The number of aromatic nitrogens is 3. The first-order chi connectivity index (χ1) is 28.8. The molecule has 5 heterocycles. The van der Waals surface area contributed by atoms with E-state index in [-0.39, 0.29) is 57.2 Å². The van der Waals surface area contributed by atoms with Crippen molar-refractivity contribution < 1.29 is 72.4 Å². The van der Waals surface area contributed by atoms with Crippen molar-refractivity contribution >= 4 is 23.7 Å². The summed E-state index contributed by atoms with van der Waals surface area (Å²) < 4.78 is 50.3. The fraction of sp³-hybridized carbons (Fsp3) is 0.750. The lowest BCUT2D eigenvalue weighted by molar-refractivity contribution is -0.339. The maximum atomic E-state index is 15.3. The number of halogens is 1. The zero-order chi connectivity index (χ0) is 43.7. The summed E-state index contributed by atoms with van der Waals surface area (Å²) in [6, 6.07) is 0. The molecule has 0 spiro atoms. The van der Waals surface area contributed by atoms with Crippen molar-refractivity contribution in [2.45, 2.75) is 140 Å². The molecule has 4 aliphatic rings. The summed E-state index contributed by atoms with van der Waals surface area (Å²) in [6.07, 6.45) is -6.95. The van der Waals surface area contributed by atoms with Crippen molar-refractivity contribution in [1.82, 2.24) is 24.8 Å². The van der Waals surface area contributed by atoms with Crippen LogP contribution in [0.1, 0.15) is 65.0 Å². The highest BCUT2D eigenvalue weighted by Gasteiger charge is 2.58. The molecule has 4 N–H and O–H groups in total. The van der Waals surface area contributed by atoms with Gasteiger partial charge in [-0.05, 0) is 32.1 Å². The number of carboxylic acid groups (broad SMARTS) is 1. The number of ether oxygens (including phenoxy) is 6. The average molecular weight is 854 g/mol. The highest BCUT2D eigenvalue weighted by Crippen LogP contribution is 2.41. The molecule has 14 atom stereocenters. The zero-order valence-electron chi connectivity index (χ0n) is 34.4. The van der Waals surface area contributed by atoms with Gasteiger partial charge in [-0.1, -0.05) is 38.1 Å². The first-order valence-corrected chi connectivity index (χ1v) is 20.7. The molecule has 4 fully saturated rings. The summed E-state index contributed by atoms with van der Waals surface area (Å²) in [5.74, 6) is -4.06. The maximum Gasteiger partial charge on any atom is 0.335 e. The molecule has 5 rings (SSSR count). The van der Waals surface area contributed by atoms with Crippen molar-refractivity contribution in [1.29, 1.82) is 0 Å². The van der Waals surface area contributed by atoms with Crippen molar-refractivity contribution in [3.63, 3.8) is 0 Å². The van der Waals surface area contributed by atoms with Crippen LogP contribution in [0.4, 0.5) is 4.39 Å². The number of aliphatic hydroxyl groups excluding tert-OH is 3. The van der Waals surface area contributed by atoms with Crippen LogP contribution in [0, 0.1) is 17.8 Å². The highest BCUT2D eigenvalue weighted by molar-refractivity contribution is 6.06. The van der Waals surface area contributed by atoms with Gasteiger partial charge in [-0.3, -0.25) is 19.3 Å². The number of aliphatic hydroxyl groups is 3. The Morgan fingerprint density at radius 3 is 2.27 bits per heavy atom. The van der Waals surface area contributed by atoms with E-state index in [1.165, 1.54) is 11.8 Å². The van der Waals surface area contributed by atoms with Crippen molar-refractivity contribution in [3.05, 3.63) is 37.2 Å². The van der Waals surface area contributed by atoms with Crippen molar-refractivity contribution in [3.8, 4) is 0 Å². The third-order valence-electron chi connectivity index (χ3n) is 11.5. The molecule has 1 aromatic rings. The second kappa shape index (κ2) is 21.9. The number of carbonyl (C=O) groups excluding carboxylic acids is 3. The molecular weight excluding hydrogens is 793 g/mol. The van der Waals surface area contributed by atoms with Crippen LogP contribution in [0.15, 0.2) is 31.5 Å². The second-order valence-corrected chi connectivity index (χ2v) is 15.6. The molecule has 60 heavy (non-hydrogen) atoms. The van der Waals surface area contributed by atoms with Crippen LogP contribution in [-0.4, -0.2) is 169 Å². The first-order valence-electron chi connectivity index (χ1n) is 20.7. The van der Waals surface area contributed by atoms with Gasteiger partial charge in [0.15, 0.2) is 24.9 Å². The predicted octanol–water partition coefficient (Wildman–Crippen LogP) is 0.737. The van der Waals surface area contributed by atoms with Gasteiger partial charge >= 0.3 is 5.97 Å². The van der Waals surface area contributed by atoms with E-state index in [9.17, 15) is 39.6 Å². The molecule has 4 unspecified atom stereocenters. The normalized spacial score (nSPS) is 34.1. The highest BCUT2D eigenvalue weighted by atomic mass is 19.1. The number of aliphatic carboxylic acids is 1. The number of nitrogens with zero attached hydrogens (tertiary/aromatic N) is 5. The molecular formula is C40H60FN5O14. The van der Waals surface area contributed by atoms with Gasteiger partial charge in [-0.15, -0.1) is 18.3 Å². The number of carboxylic acids is 1. The van der Waals surface area contributed by atoms with Crippen LogP contribution >= 0.6 is 0 Å². The summed E-state index contributed by atoms with van der Waals surface area (Å²) in [4.78, 5) is 54.3. The molecule has 19 nitrogen and oxygen atoms in total. The Hall–Kier alpha value is -3.73. The lowest BCUT2D eigenvalue weighted by atomic mass is 9.89. The maximum absolute atomic E-state index is 15.3. The van der Waals surface area contributed by atoms with E-state index < -0.39 is 91.3 Å². The van der Waals surface area contributed by atoms with Crippen molar-refractivity contribution in [2.24, 2.45) is 17.8 Å². The smallest absolute Gasteiger partial charge is 0.335 e. The van der Waals surface area contributed by atoms with E-state index in [0.717, 1.165) is 0 Å². The van der Waals surface area contributed by atoms with Gasteiger partial charge in [0.1, 0.15) is 24.0 Å². The Balaban J connectivity index is 1.02. The number of fused-ring (bicyclic) bond motifs is 1. The van der Waals surface area contributed by atoms with Gasteiger partial charge in [0.2, 0.25) is 17.7 Å². The number of unbranched alkanes of at least 4 members (excludes halogenated alkanes) is 2. The van der Waals surface area contributed by atoms with E-state index in [4.69, 9.17) is 28.4 Å². The minimum absolute atomic E-state index is 0.0275. The minimum Gasteiger partial charge on any atom is -0.479 e. The van der Waals surface area contributed by atoms with Gasteiger partial charge < -0.3 is 53.7 Å². The zero-order valence-corrected chi connectivity index (χ0v) is 34.4. The SMILES string of the molecule is C=C[C@@H]1O[C@H](C=C)[C@@H]2C(=O)N(CCCCCN(Cc3cn(CCOCCO[C@@H]4OC(C(=O)O)[C@@H](O[C@H]5OC(CC)[C@@H](O)[C@H](O)C5C)[C@H](O)C4F)nn3)C(=O)CCC)C(=O)[C@@H]21. The van der Waals surface area contributed by atoms with Crippen LogP contribution in [0.2, 0.25) is 0 Å². The molecule has 4 saturated heterocycles. The van der Waals surface area contributed by atoms with Crippen LogP contribution < -0.4 is 0 Å². The third-order valence-corrected chi connectivity index (χ3v) is 11.5. The number of alkyl halides is 1. The summed E-state index contributed by atoms with van der Waals surface area (Å²) in [6.45, 7) is 13.8. The average Bonchev–Trinajstić information content (AvgIpc) is 3.92. The van der Waals surface area contributed by atoms with E-state index in [1.54, 1.807) is 34.9 Å². The van der Waals surface area contributed by atoms with Crippen LogP contribution in [0.3, 0.4) is 0 Å². The van der Waals surface area contributed by atoms with Gasteiger partial charge in [0.05, 0.1) is 75.4 Å². The quantitative estimate of drug-likeness (QED) is 0.0674. The molecule has 4 aliphatic heterocycles. The summed E-state index contributed by atoms with van der Waals surface area (Å²) in [5, 5.41) is 49.5. The second-order valence-electron chi connectivity index (χ2n) is 15.6. The van der Waals surface area contributed by atoms with Gasteiger partial charge in [-0.2, -0.15) is 0 Å². The Morgan fingerprint density at radius 1 is 0.933 bits per heavy atom. The largest absolute Gasteiger partial charge is 0.479 e. The van der Waals surface area contributed by atoms with Gasteiger partial charge in [0, 0.05) is 25.4 Å². The third kappa shape index (κ3) is 10.8. The first kappa shape index (κ1) is 47.3. The summed E-state index contributed by atoms with van der Waals surface area (Å²) in [7, 11) is 0. The molecule has 0 aliphatic carbocycles. The predicted molar refractivity (Wildman–Crippen MR) is 206 cm³/mol. The van der Waals surface area contributed by atoms with E-state index in [0.29, 0.717) is 50.8 Å². The summed E-state index contributed by atoms with van der Waals surface area (Å²) >= 11 is 0. The number of amides is 3. The Bertz CT molecular complexity index is 1600. The molecule has 3 amide bonds. The van der Waals surface area contributed by atoms with Crippen LogP contribution in [0.25, 0.3) is 0 Å². The number of rotatable bonds is 23. The number of imide groups is 1. The van der Waals surface area contributed by atoms with E-state index in [2.05, 4.69) is 23.5 Å². The van der Waals surface area contributed by atoms with E-state index in [1.807, 2.05) is 6.92 Å². The number of hydrogen-bond donors (Lipinski definition) is 4. The Morgan fingerprint density at radius 2 is 1.63 bits per heavy atom. The topological polar surface area (TPSA) is 242 Å². The number of likely N-dealkylation sites (tertiary alicyclic amines) is 1. The minimum atomic E-state index is -2.20. The van der Waals surface area contributed by atoms with Gasteiger partial charge in [-0.25, -0.2) is 13.9 Å². The monoisotopic (exact) mass is 853 g/mol. The number of hydrogen-bond acceptors (Lipinski definition) is 15. The van der Waals surface area contributed by atoms with Gasteiger partial charge in [0.25, 0.3) is 0 Å². The fourth-order valence-corrected chi connectivity index (χ4v) is 8.07. The summed E-state index contributed by atoms with van der Waals surface area (Å²) in [5.41, 5.74) is 0.569.